The minimum atomic E-state index is -0.465. The lowest BCUT2D eigenvalue weighted by atomic mass is 10.0. The molecule has 2 aliphatic rings. The number of carbonyl (C=O) groups is 2. The Balaban J connectivity index is 1.92. The van der Waals surface area contributed by atoms with Crippen molar-refractivity contribution in [3.8, 4) is 0 Å². The molecular formula is C10H13N5O2. The van der Waals surface area contributed by atoms with Gasteiger partial charge in [0.2, 0.25) is 5.91 Å². The molecule has 2 bridgehead atoms. The number of fused-ring (bicyclic) bond motifs is 2. The van der Waals surface area contributed by atoms with E-state index < -0.39 is 11.9 Å². The Morgan fingerprint density at radius 3 is 2.94 bits per heavy atom. The summed E-state index contributed by atoms with van der Waals surface area (Å²) < 4.78 is 1.66. The topological polar surface area (TPSA) is 84.5 Å². The van der Waals surface area contributed by atoms with Crippen LogP contribution in [0.5, 0.6) is 0 Å². The van der Waals surface area contributed by atoms with Crippen LogP contribution in [-0.2, 0) is 4.79 Å². The smallest absolute Gasteiger partial charge is 0.340 e. The van der Waals surface area contributed by atoms with Crippen LogP contribution in [0.2, 0.25) is 0 Å². The van der Waals surface area contributed by atoms with Crippen molar-refractivity contribution in [1.82, 2.24) is 14.6 Å². The Morgan fingerprint density at radius 2 is 2.29 bits per heavy atom. The number of carbonyl (C=O) groups excluding carboxylic acids is 2. The number of amides is 3. The normalized spacial score (nSPS) is 27.6. The molecule has 90 valence electrons. The molecule has 1 aromatic rings. The van der Waals surface area contributed by atoms with Gasteiger partial charge in [-0.3, -0.25) is 4.79 Å². The minimum absolute atomic E-state index is 0.104. The first-order valence-electron chi connectivity index (χ1n) is 5.56. The maximum Gasteiger partial charge on any atom is 0.340 e. The predicted molar refractivity (Wildman–Crippen MR) is 58.6 cm³/mol. The second-order valence-corrected chi connectivity index (χ2v) is 4.37. The largest absolute Gasteiger partial charge is 0.368 e. The van der Waals surface area contributed by atoms with E-state index in [1.165, 1.54) is 0 Å². The van der Waals surface area contributed by atoms with Crippen LogP contribution in [0.25, 0.3) is 0 Å². The second-order valence-electron chi connectivity index (χ2n) is 4.37. The summed E-state index contributed by atoms with van der Waals surface area (Å²) in [5.41, 5.74) is 5.31. The van der Waals surface area contributed by atoms with Crippen molar-refractivity contribution in [1.29, 1.82) is 0 Å². The predicted octanol–water partition coefficient (Wildman–Crippen LogP) is -0.727. The molecule has 0 aromatic carbocycles. The van der Waals surface area contributed by atoms with Crippen LogP contribution in [-0.4, -0.2) is 45.1 Å². The molecule has 7 heteroatoms. The monoisotopic (exact) mass is 235 g/mol. The van der Waals surface area contributed by atoms with Gasteiger partial charge >= 0.3 is 6.03 Å². The highest BCUT2D eigenvalue weighted by Gasteiger charge is 2.47. The van der Waals surface area contributed by atoms with Crippen LogP contribution in [0, 0.1) is 0 Å². The molecule has 1 aromatic heterocycles. The van der Waals surface area contributed by atoms with Crippen molar-refractivity contribution in [3.63, 3.8) is 0 Å². The first-order valence-corrected chi connectivity index (χ1v) is 5.56. The standard InChI is InChI=1S/C10H13N5O2/c11-9(16)8-2-1-7-5-14(8)10(17)15(7)13-4-3-12-6-13/h3-4,6-8H,1-2,5H2,(H2,11,16)/t7-,8+/m1/s1. The van der Waals surface area contributed by atoms with Crippen LogP contribution in [0.15, 0.2) is 18.7 Å². The molecule has 0 spiro atoms. The average Bonchev–Trinajstić information content (AvgIpc) is 2.88. The molecule has 2 aliphatic heterocycles. The van der Waals surface area contributed by atoms with E-state index in [2.05, 4.69) is 4.98 Å². The summed E-state index contributed by atoms with van der Waals surface area (Å²) in [4.78, 5) is 28.9. The third kappa shape index (κ3) is 1.38. The molecular weight excluding hydrogens is 222 g/mol. The number of hydrogen-bond donors (Lipinski definition) is 1. The van der Waals surface area contributed by atoms with Crippen LogP contribution >= 0.6 is 0 Å². The van der Waals surface area contributed by atoms with E-state index in [0.717, 1.165) is 6.42 Å². The minimum Gasteiger partial charge on any atom is -0.368 e. The summed E-state index contributed by atoms with van der Waals surface area (Å²) in [6.45, 7) is 0.560. The number of hydrogen-bond acceptors (Lipinski definition) is 3. The number of primary amides is 1. The van der Waals surface area contributed by atoms with Crippen molar-refractivity contribution in [2.75, 3.05) is 11.6 Å². The number of piperidine rings is 1. The van der Waals surface area contributed by atoms with Gasteiger partial charge in [0.15, 0.2) is 0 Å². The molecule has 0 aliphatic carbocycles. The molecule has 3 heterocycles. The zero-order chi connectivity index (χ0) is 12.0. The van der Waals surface area contributed by atoms with Crippen molar-refractivity contribution in [2.45, 2.75) is 24.9 Å². The third-order valence-corrected chi connectivity index (χ3v) is 3.41. The molecule has 0 saturated carbocycles. The first-order chi connectivity index (χ1) is 8.18. The van der Waals surface area contributed by atoms with E-state index in [1.807, 2.05) is 0 Å². The zero-order valence-electron chi connectivity index (χ0n) is 9.19. The lowest BCUT2D eigenvalue weighted by Crippen LogP contribution is -2.48. The third-order valence-electron chi connectivity index (χ3n) is 3.41. The second kappa shape index (κ2) is 3.47. The maximum atomic E-state index is 12.2. The summed E-state index contributed by atoms with van der Waals surface area (Å²) >= 11 is 0. The van der Waals surface area contributed by atoms with Crippen LogP contribution in [0.3, 0.4) is 0 Å². The molecule has 2 saturated heterocycles. The van der Waals surface area contributed by atoms with Gasteiger partial charge in [0.05, 0.1) is 6.04 Å². The number of nitrogens with zero attached hydrogens (tertiary/aromatic N) is 4. The lowest BCUT2D eigenvalue weighted by Gasteiger charge is -2.27. The van der Waals surface area contributed by atoms with Crippen LogP contribution in [0.4, 0.5) is 4.79 Å². The molecule has 2 fully saturated rings. The number of nitrogens with two attached hydrogens (primary N) is 1. The van der Waals surface area contributed by atoms with Gasteiger partial charge in [-0.25, -0.2) is 19.5 Å². The SMILES string of the molecule is NC(=O)[C@@H]1CC[C@@H]2CN1C(=O)N2n1ccnc1. The maximum absolute atomic E-state index is 12.2. The Morgan fingerprint density at radius 1 is 1.47 bits per heavy atom. The molecule has 17 heavy (non-hydrogen) atoms. The van der Waals surface area contributed by atoms with E-state index in [4.69, 9.17) is 5.73 Å². The van der Waals surface area contributed by atoms with Gasteiger partial charge in [-0.1, -0.05) is 0 Å². The Kier molecular flexibility index (Phi) is 2.07. The summed E-state index contributed by atoms with van der Waals surface area (Å²) in [7, 11) is 0. The molecule has 7 nitrogen and oxygen atoms in total. The van der Waals surface area contributed by atoms with Crippen molar-refractivity contribution in [3.05, 3.63) is 18.7 Å². The van der Waals surface area contributed by atoms with Crippen LogP contribution < -0.4 is 10.7 Å². The fourth-order valence-corrected chi connectivity index (χ4v) is 2.61. The molecule has 3 rings (SSSR count). The summed E-state index contributed by atoms with van der Waals surface area (Å²) in [5.74, 6) is -0.427. The molecule has 2 atom stereocenters. The van der Waals surface area contributed by atoms with Crippen LogP contribution in [0.1, 0.15) is 12.8 Å². The number of imidazole rings is 1. The van der Waals surface area contributed by atoms with E-state index in [9.17, 15) is 9.59 Å². The Hall–Kier alpha value is -2.05. The first kappa shape index (κ1) is 10.1. The van der Waals surface area contributed by atoms with Gasteiger partial charge in [0.25, 0.3) is 0 Å². The van der Waals surface area contributed by atoms with Gasteiger partial charge in [-0.15, -0.1) is 0 Å². The van der Waals surface area contributed by atoms with Gasteiger partial charge in [0.1, 0.15) is 12.4 Å². The number of rotatable bonds is 2. The van der Waals surface area contributed by atoms with Gasteiger partial charge in [0, 0.05) is 18.9 Å². The average molecular weight is 235 g/mol. The van der Waals surface area contributed by atoms with Gasteiger partial charge in [-0.05, 0) is 12.8 Å². The summed E-state index contributed by atoms with van der Waals surface area (Å²) in [6, 6.07) is -0.533. The highest BCUT2D eigenvalue weighted by atomic mass is 16.2. The van der Waals surface area contributed by atoms with E-state index in [-0.39, 0.29) is 12.1 Å². The Bertz CT molecular complexity index is 457. The highest BCUT2D eigenvalue weighted by Crippen LogP contribution is 2.28. The fraction of sp³-hybridized carbons (Fsp3) is 0.500. The van der Waals surface area contributed by atoms with E-state index in [1.54, 1.807) is 33.3 Å². The van der Waals surface area contributed by atoms with E-state index >= 15 is 0 Å². The molecule has 0 radical (unpaired) electrons. The van der Waals surface area contributed by atoms with Crippen molar-refractivity contribution < 1.29 is 9.59 Å². The highest BCUT2D eigenvalue weighted by molar-refractivity contribution is 5.93. The molecule has 2 N–H and O–H groups in total. The zero-order valence-corrected chi connectivity index (χ0v) is 9.19. The van der Waals surface area contributed by atoms with Gasteiger partial charge < -0.3 is 10.6 Å². The number of urea groups is 1. The van der Waals surface area contributed by atoms with Crippen molar-refractivity contribution >= 4 is 11.9 Å². The summed E-state index contributed by atoms with van der Waals surface area (Å²) in [6.07, 6.45) is 6.35. The van der Waals surface area contributed by atoms with E-state index in [0.29, 0.717) is 13.0 Å². The quantitative estimate of drug-likeness (QED) is 0.733. The lowest BCUT2D eigenvalue weighted by molar-refractivity contribution is -0.122. The van der Waals surface area contributed by atoms with Gasteiger partial charge in [-0.2, -0.15) is 0 Å². The number of aromatic nitrogens is 2. The molecule has 0 unspecified atom stereocenters. The molecule has 3 amide bonds. The Labute approximate surface area is 97.8 Å². The summed E-state index contributed by atoms with van der Waals surface area (Å²) in [5, 5.41) is 1.63. The van der Waals surface area contributed by atoms with Crippen molar-refractivity contribution in [2.24, 2.45) is 5.73 Å². The fourth-order valence-electron chi connectivity index (χ4n) is 2.61.